The monoisotopic (exact) mass is 268 g/mol. The molecular weight excluding hydrogens is 254 g/mol. The lowest BCUT2D eigenvalue weighted by Gasteiger charge is -2.06. The number of ether oxygens (including phenoxy) is 1. The van der Waals surface area contributed by atoms with E-state index in [4.69, 9.17) is 10.5 Å². The van der Waals surface area contributed by atoms with E-state index in [9.17, 15) is 4.39 Å². The molecule has 92 valence electrons. The maximum Gasteiger partial charge on any atom is 0.141 e. The molecule has 2 N–H and O–H groups in total. The van der Waals surface area contributed by atoms with Crippen molar-refractivity contribution in [3.63, 3.8) is 0 Å². The fraction of sp³-hybridized carbons (Fsp3) is 0.300. The summed E-state index contributed by atoms with van der Waals surface area (Å²) < 4.78 is 18.0. The van der Waals surface area contributed by atoms with Gasteiger partial charge in [0.25, 0.3) is 0 Å². The highest BCUT2D eigenvalue weighted by molar-refractivity contribution is 5.85. The molecule has 0 spiro atoms. The van der Waals surface area contributed by atoms with Crippen LogP contribution in [0.25, 0.3) is 0 Å². The lowest BCUT2D eigenvalue weighted by atomic mass is 10.3. The van der Waals surface area contributed by atoms with Gasteiger partial charge in [-0.05, 0) is 25.1 Å². The molecule has 0 saturated heterocycles. The topological polar surface area (TPSA) is 48.1 Å². The summed E-state index contributed by atoms with van der Waals surface area (Å²) in [4.78, 5) is 4.01. The van der Waals surface area contributed by atoms with Crippen molar-refractivity contribution in [3.05, 3.63) is 35.9 Å². The number of hydrogen-bond acceptors (Lipinski definition) is 3. The van der Waals surface area contributed by atoms with Gasteiger partial charge in [-0.3, -0.25) is 4.98 Å². The van der Waals surface area contributed by atoms with Crippen molar-refractivity contribution in [2.75, 3.05) is 13.2 Å². The molecule has 0 fully saturated rings. The van der Waals surface area contributed by atoms with Crippen molar-refractivity contribution in [3.8, 4) is 5.75 Å². The molecule has 0 aliphatic heterocycles. The molecule has 3 nitrogen and oxygen atoms in total. The first-order chi connectivity index (χ1) is 6.74. The first kappa shape index (κ1) is 17.6. The Morgan fingerprint density at radius 3 is 2.81 bits per heavy atom. The molecule has 1 rings (SSSR count). The smallest absolute Gasteiger partial charge is 0.141 e. The van der Waals surface area contributed by atoms with Gasteiger partial charge in [-0.15, -0.1) is 24.8 Å². The second kappa shape index (κ2) is 9.39. The standard InChI is InChI=1S/C10H13FN2O.2ClH/c1-8-10(3-2-6-13-8)14-7-9(11)4-5-12;;/h2-4,6H,5,7,12H2,1H3;2*1H/b9-4-;;. The average molecular weight is 269 g/mol. The van der Waals surface area contributed by atoms with Crippen LogP contribution in [0, 0.1) is 6.92 Å². The van der Waals surface area contributed by atoms with E-state index in [1.165, 1.54) is 6.08 Å². The first-order valence-corrected chi connectivity index (χ1v) is 4.33. The number of nitrogens with zero attached hydrogens (tertiary/aromatic N) is 1. The minimum Gasteiger partial charge on any atom is -0.485 e. The summed E-state index contributed by atoms with van der Waals surface area (Å²) in [7, 11) is 0. The minimum absolute atomic E-state index is 0. The quantitative estimate of drug-likeness (QED) is 0.913. The lowest BCUT2D eigenvalue weighted by molar-refractivity contribution is 0.315. The Morgan fingerprint density at radius 1 is 1.56 bits per heavy atom. The van der Waals surface area contributed by atoms with Crippen molar-refractivity contribution < 1.29 is 9.13 Å². The molecule has 0 unspecified atom stereocenters. The molecule has 1 aromatic heterocycles. The Balaban J connectivity index is 0. The van der Waals surface area contributed by atoms with Gasteiger partial charge in [0, 0.05) is 12.7 Å². The van der Waals surface area contributed by atoms with Crippen LogP contribution in [0.1, 0.15) is 5.69 Å². The van der Waals surface area contributed by atoms with Crippen molar-refractivity contribution in [1.29, 1.82) is 0 Å². The van der Waals surface area contributed by atoms with E-state index < -0.39 is 0 Å². The molecule has 0 saturated carbocycles. The van der Waals surface area contributed by atoms with Gasteiger partial charge in [0.15, 0.2) is 0 Å². The van der Waals surface area contributed by atoms with Crippen LogP contribution in [0.2, 0.25) is 0 Å². The first-order valence-electron chi connectivity index (χ1n) is 4.33. The Kier molecular flexibility index (Phi) is 10.3. The molecular formula is C10H15Cl2FN2O. The van der Waals surface area contributed by atoms with E-state index in [-0.39, 0.29) is 43.8 Å². The van der Waals surface area contributed by atoms with Crippen molar-refractivity contribution in [2.45, 2.75) is 6.92 Å². The zero-order valence-corrected chi connectivity index (χ0v) is 10.5. The fourth-order valence-electron chi connectivity index (χ4n) is 0.956. The van der Waals surface area contributed by atoms with Gasteiger partial charge in [-0.2, -0.15) is 0 Å². The summed E-state index contributed by atoms with van der Waals surface area (Å²) in [5, 5.41) is 0. The maximum atomic E-state index is 12.9. The number of halogens is 3. The fourth-order valence-corrected chi connectivity index (χ4v) is 0.956. The van der Waals surface area contributed by atoms with E-state index in [1.54, 1.807) is 25.3 Å². The summed E-state index contributed by atoms with van der Waals surface area (Å²) in [5.41, 5.74) is 5.89. The summed E-state index contributed by atoms with van der Waals surface area (Å²) in [5.74, 6) is 0.226. The van der Waals surface area contributed by atoms with Crippen molar-refractivity contribution in [2.24, 2.45) is 5.73 Å². The number of aryl methyl sites for hydroxylation is 1. The molecule has 0 aromatic carbocycles. The van der Waals surface area contributed by atoms with Crippen LogP contribution in [0.5, 0.6) is 5.75 Å². The van der Waals surface area contributed by atoms with Gasteiger partial charge in [0.05, 0.1) is 5.69 Å². The van der Waals surface area contributed by atoms with Crippen LogP contribution in [0.4, 0.5) is 4.39 Å². The zero-order valence-electron chi connectivity index (χ0n) is 8.85. The Labute approximate surface area is 107 Å². The third-order valence-corrected chi connectivity index (χ3v) is 1.66. The molecule has 0 radical (unpaired) electrons. The molecule has 0 bridgehead atoms. The molecule has 0 amide bonds. The van der Waals surface area contributed by atoms with Gasteiger partial charge in [0.2, 0.25) is 0 Å². The number of pyridine rings is 1. The molecule has 6 heteroatoms. The van der Waals surface area contributed by atoms with E-state index in [1.807, 2.05) is 0 Å². The Hall–Kier alpha value is -0.840. The SMILES string of the molecule is Cc1ncccc1OC/C(F)=C/CN.Cl.Cl. The van der Waals surface area contributed by atoms with Crippen molar-refractivity contribution in [1.82, 2.24) is 4.98 Å². The van der Waals surface area contributed by atoms with Gasteiger partial charge < -0.3 is 10.5 Å². The maximum absolute atomic E-state index is 12.9. The number of nitrogens with two attached hydrogens (primary N) is 1. The van der Waals surface area contributed by atoms with Crippen molar-refractivity contribution >= 4 is 24.8 Å². The second-order valence-corrected chi connectivity index (χ2v) is 2.76. The second-order valence-electron chi connectivity index (χ2n) is 2.76. The number of aromatic nitrogens is 1. The summed E-state index contributed by atoms with van der Waals surface area (Å²) in [6.07, 6.45) is 2.94. The molecule has 1 heterocycles. The van der Waals surface area contributed by atoms with Gasteiger partial charge in [-0.1, -0.05) is 0 Å². The van der Waals surface area contributed by atoms with Gasteiger partial charge >= 0.3 is 0 Å². The van der Waals surface area contributed by atoms with E-state index in [0.29, 0.717) is 5.75 Å². The summed E-state index contributed by atoms with van der Waals surface area (Å²) in [6, 6.07) is 3.49. The predicted molar refractivity (Wildman–Crippen MR) is 67.2 cm³/mol. The van der Waals surface area contributed by atoms with E-state index >= 15 is 0 Å². The van der Waals surface area contributed by atoms with Crippen LogP contribution in [-0.2, 0) is 0 Å². The Morgan fingerprint density at radius 2 is 2.25 bits per heavy atom. The van der Waals surface area contributed by atoms with Gasteiger partial charge in [0.1, 0.15) is 18.2 Å². The van der Waals surface area contributed by atoms with Crippen LogP contribution in [0.15, 0.2) is 30.2 Å². The largest absolute Gasteiger partial charge is 0.485 e. The third-order valence-electron chi connectivity index (χ3n) is 1.66. The predicted octanol–water partition coefficient (Wildman–Crippen LogP) is 2.42. The highest BCUT2D eigenvalue weighted by Gasteiger charge is 2.00. The minimum atomic E-state index is -0.365. The molecule has 16 heavy (non-hydrogen) atoms. The average Bonchev–Trinajstić information content (AvgIpc) is 2.17. The molecule has 1 aromatic rings. The third kappa shape index (κ3) is 5.90. The normalized spacial score (nSPS) is 10.1. The lowest BCUT2D eigenvalue weighted by Crippen LogP contribution is -2.02. The van der Waals surface area contributed by atoms with Crippen LogP contribution in [0.3, 0.4) is 0 Å². The van der Waals surface area contributed by atoms with Crippen LogP contribution >= 0.6 is 24.8 Å². The highest BCUT2D eigenvalue weighted by atomic mass is 35.5. The summed E-state index contributed by atoms with van der Waals surface area (Å²) >= 11 is 0. The van der Waals surface area contributed by atoms with Crippen LogP contribution < -0.4 is 10.5 Å². The Bertz CT molecular complexity index is 334. The molecule has 0 aliphatic rings. The zero-order chi connectivity index (χ0) is 10.4. The highest BCUT2D eigenvalue weighted by Crippen LogP contribution is 2.14. The number of rotatable bonds is 4. The van der Waals surface area contributed by atoms with Gasteiger partial charge in [-0.25, -0.2) is 4.39 Å². The number of hydrogen-bond donors (Lipinski definition) is 1. The van der Waals surface area contributed by atoms with E-state index in [2.05, 4.69) is 4.98 Å². The van der Waals surface area contributed by atoms with E-state index in [0.717, 1.165) is 5.69 Å². The summed E-state index contributed by atoms with van der Waals surface area (Å²) in [6.45, 7) is 1.89. The molecule has 0 atom stereocenters. The van der Waals surface area contributed by atoms with Crippen LogP contribution in [-0.4, -0.2) is 18.1 Å². The molecule has 0 aliphatic carbocycles.